The Morgan fingerprint density at radius 2 is 1.65 bits per heavy atom. The first-order valence-electron chi connectivity index (χ1n) is 8.25. The van der Waals surface area contributed by atoms with Gasteiger partial charge in [0, 0.05) is 0 Å². The molecule has 112 valence electrons. The Labute approximate surface area is 130 Å². The van der Waals surface area contributed by atoms with Crippen molar-refractivity contribution in [3.63, 3.8) is 0 Å². The van der Waals surface area contributed by atoms with E-state index in [1.807, 2.05) is 0 Å². The Balaban J connectivity index is 1.58. The van der Waals surface area contributed by atoms with Crippen LogP contribution in [0.2, 0.25) is 0 Å². The maximum atomic E-state index is 4.26. The molecule has 0 amide bonds. The zero-order valence-corrected chi connectivity index (χ0v) is 13.5. The molecule has 0 aromatic heterocycles. The molecule has 0 saturated carbocycles. The first-order chi connectivity index (χ1) is 9.88. The van der Waals surface area contributed by atoms with Crippen LogP contribution in [0.5, 0.6) is 0 Å². The van der Waals surface area contributed by atoms with Gasteiger partial charge in [0.05, 0.1) is 0 Å². The number of benzene rings is 1. The van der Waals surface area contributed by atoms with Gasteiger partial charge in [-0.05, 0) is 69.0 Å². The Morgan fingerprint density at radius 1 is 0.950 bits per heavy atom. The summed E-state index contributed by atoms with van der Waals surface area (Å²) in [5.74, 6) is 1.95. The minimum Gasteiger partial charge on any atom is -0.303 e. The van der Waals surface area contributed by atoms with E-state index in [-0.39, 0.29) is 0 Å². The molecule has 20 heavy (non-hydrogen) atoms. The summed E-state index contributed by atoms with van der Waals surface area (Å²) < 4.78 is 0. The maximum absolute atomic E-state index is 4.26. The minimum atomic E-state index is 0.901. The van der Waals surface area contributed by atoms with E-state index in [4.69, 9.17) is 0 Å². The summed E-state index contributed by atoms with van der Waals surface area (Å²) in [5.41, 5.74) is 1.51. The van der Waals surface area contributed by atoms with Crippen LogP contribution >= 0.6 is 12.6 Å². The molecule has 1 aliphatic heterocycles. The third-order valence-corrected chi connectivity index (χ3v) is 4.77. The monoisotopic (exact) mass is 291 g/mol. The van der Waals surface area contributed by atoms with Gasteiger partial charge in [0.15, 0.2) is 0 Å². The molecule has 0 unspecified atom stereocenters. The average Bonchev–Trinajstić information content (AvgIpc) is 2.50. The summed E-state index contributed by atoms with van der Waals surface area (Å²) in [5, 5.41) is 0. The SMILES string of the molecule is SCCCCCCN1CCC(Cc2ccccc2)CC1. The predicted octanol–water partition coefficient (Wildman–Crippen LogP) is 4.43. The first kappa shape index (κ1) is 15.9. The summed E-state index contributed by atoms with van der Waals surface area (Å²) in [6.07, 6.45) is 9.42. The van der Waals surface area contributed by atoms with E-state index in [9.17, 15) is 0 Å². The van der Waals surface area contributed by atoms with Crippen LogP contribution in [-0.4, -0.2) is 30.3 Å². The van der Waals surface area contributed by atoms with Gasteiger partial charge in [-0.2, -0.15) is 12.6 Å². The van der Waals surface area contributed by atoms with Crippen LogP contribution < -0.4 is 0 Å². The number of rotatable bonds is 8. The van der Waals surface area contributed by atoms with Crippen LogP contribution in [0, 0.1) is 5.92 Å². The third kappa shape index (κ3) is 5.88. The molecule has 0 spiro atoms. The summed E-state index contributed by atoms with van der Waals surface area (Å²) in [6, 6.07) is 11.0. The zero-order valence-electron chi connectivity index (χ0n) is 12.6. The highest BCUT2D eigenvalue weighted by molar-refractivity contribution is 7.80. The minimum absolute atomic E-state index is 0.901. The van der Waals surface area contributed by atoms with Crippen molar-refractivity contribution in [1.29, 1.82) is 0 Å². The topological polar surface area (TPSA) is 3.24 Å². The Bertz CT molecular complexity index is 344. The lowest BCUT2D eigenvalue weighted by Gasteiger charge is -2.32. The zero-order chi connectivity index (χ0) is 14.0. The molecule has 2 heteroatoms. The standard InChI is InChI=1S/C18H29NS/c20-15-7-2-1-6-12-19-13-10-18(11-14-19)16-17-8-4-3-5-9-17/h3-5,8-9,18,20H,1-2,6-7,10-16H2. The van der Waals surface area contributed by atoms with Crippen LogP contribution in [0.3, 0.4) is 0 Å². The molecule has 1 saturated heterocycles. The predicted molar refractivity (Wildman–Crippen MR) is 91.6 cm³/mol. The summed E-state index contributed by atoms with van der Waals surface area (Å²) in [7, 11) is 0. The summed E-state index contributed by atoms with van der Waals surface area (Å²) in [4.78, 5) is 2.67. The largest absolute Gasteiger partial charge is 0.303 e. The Kier molecular flexibility index (Phi) is 7.53. The number of thiol groups is 1. The van der Waals surface area contributed by atoms with E-state index in [1.165, 1.54) is 70.1 Å². The van der Waals surface area contributed by atoms with Crippen LogP contribution in [-0.2, 0) is 6.42 Å². The van der Waals surface area contributed by atoms with Crippen molar-refractivity contribution < 1.29 is 0 Å². The van der Waals surface area contributed by atoms with Gasteiger partial charge in [0.1, 0.15) is 0 Å². The highest BCUT2D eigenvalue weighted by atomic mass is 32.1. The van der Waals surface area contributed by atoms with Crippen molar-refractivity contribution >= 4 is 12.6 Å². The number of hydrogen-bond donors (Lipinski definition) is 1. The maximum Gasteiger partial charge on any atom is -0.00160 e. The van der Waals surface area contributed by atoms with Gasteiger partial charge < -0.3 is 4.90 Å². The molecule has 0 bridgehead atoms. The molecule has 1 aliphatic rings. The molecular formula is C18H29NS. The highest BCUT2D eigenvalue weighted by Crippen LogP contribution is 2.21. The second-order valence-electron chi connectivity index (χ2n) is 6.11. The van der Waals surface area contributed by atoms with Crippen LogP contribution in [0.25, 0.3) is 0 Å². The molecule has 1 aromatic carbocycles. The first-order valence-corrected chi connectivity index (χ1v) is 8.89. The molecular weight excluding hydrogens is 262 g/mol. The second-order valence-corrected chi connectivity index (χ2v) is 6.56. The van der Waals surface area contributed by atoms with Crippen LogP contribution in [0.4, 0.5) is 0 Å². The van der Waals surface area contributed by atoms with Crippen molar-refractivity contribution in [2.75, 3.05) is 25.4 Å². The molecule has 1 heterocycles. The molecule has 2 rings (SSSR count). The molecule has 0 radical (unpaired) electrons. The van der Waals surface area contributed by atoms with Crippen molar-refractivity contribution in [2.24, 2.45) is 5.92 Å². The van der Waals surface area contributed by atoms with Gasteiger partial charge in [-0.1, -0.05) is 43.2 Å². The second kappa shape index (κ2) is 9.46. The molecule has 1 fully saturated rings. The number of nitrogens with zero attached hydrogens (tertiary/aromatic N) is 1. The van der Waals surface area contributed by atoms with E-state index in [0.29, 0.717) is 0 Å². The van der Waals surface area contributed by atoms with Crippen molar-refractivity contribution in [3.05, 3.63) is 35.9 Å². The normalized spacial score (nSPS) is 17.4. The fraction of sp³-hybridized carbons (Fsp3) is 0.667. The van der Waals surface area contributed by atoms with Gasteiger partial charge in [-0.25, -0.2) is 0 Å². The smallest absolute Gasteiger partial charge is 0.00160 e. The lowest BCUT2D eigenvalue weighted by molar-refractivity contribution is 0.181. The van der Waals surface area contributed by atoms with Gasteiger partial charge in [-0.3, -0.25) is 0 Å². The van der Waals surface area contributed by atoms with Crippen LogP contribution in [0.1, 0.15) is 44.1 Å². The summed E-state index contributed by atoms with van der Waals surface area (Å²) >= 11 is 4.26. The van der Waals surface area contributed by atoms with E-state index in [2.05, 4.69) is 47.9 Å². The molecule has 0 atom stereocenters. The number of unbranched alkanes of at least 4 members (excludes halogenated alkanes) is 3. The van der Waals surface area contributed by atoms with Crippen molar-refractivity contribution in [3.8, 4) is 0 Å². The van der Waals surface area contributed by atoms with E-state index < -0.39 is 0 Å². The number of hydrogen-bond acceptors (Lipinski definition) is 2. The fourth-order valence-corrected chi connectivity index (χ4v) is 3.39. The van der Waals surface area contributed by atoms with E-state index in [1.54, 1.807) is 0 Å². The molecule has 1 aromatic rings. The average molecular weight is 292 g/mol. The van der Waals surface area contributed by atoms with Crippen molar-refractivity contribution in [2.45, 2.75) is 44.9 Å². The fourth-order valence-electron chi connectivity index (χ4n) is 3.16. The lowest BCUT2D eigenvalue weighted by Crippen LogP contribution is -2.35. The Hall–Kier alpha value is -0.470. The third-order valence-electron chi connectivity index (χ3n) is 4.46. The van der Waals surface area contributed by atoms with Gasteiger partial charge in [-0.15, -0.1) is 0 Å². The lowest BCUT2D eigenvalue weighted by atomic mass is 9.90. The van der Waals surface area contributed by atoms with E-state index >= 15 is 0 Å². The number of piperidine rings is 1. The molecule has 0 aliphatic carbocycles. The summed E-state index contributed by atoms with van der Waals surface area (Å²) in [6.45, 7) is 3.93. The highest BCUT2D eigenvalue weighted by Gasteiger charge is 2.18. The molecule has 1 nitrogen and oxygen atoms in total. The Morgan fingerprint density at radius 3 is 2.35 bits per heavy atom. The van der Waals surface area contributed by atoms with Gasteiger partial charge >= 0.3 is 0 Å². The quantitative estimate of drug-likeness (QED) is 0.548. The van der Waals surface area contributed by atoms with Gasteiger partial charge in [0.25, 0.3) is 0 Å². The van der Waals surface area contributed by atoms with E-state index in [0.717, 1.165) is 11.7 Å². The molecule has 0 N–H and O–H groups in total. The van der Waals surface area contributed by atoms with Crippen molar-refractivity contribution in [1.82, 2.24) is 4.90 Å². The number of likely N-dealkylation sites (tertiary alicyclic amines) is 1. The van der Waals surface area contributed by atoms with Gasteiger partial charge in [0.2, 0.25) is 0 Å². The van der Waals surface area contributed by atoms with Crippen LogP contribution in [0.15, 0.2) is 30.3 Å².